The third-order valence-electron chi connectivity index (χ3n) is 2.64. The average molecular weight is 259 g/mol. The first-order valence-corrected chi connectivity index (χ1v) is 5.91. The summed E-state index contributed by atoms with van der Waals surface area (Å²) in [5, 5.41) is 18.6. The van der Waals surface area contributed by atoms with Gasteiger partial charge in [-0.25, -0.2) is 4.79 Å². The van der Waals surface area contributed by atoms with Crippen molar-refractivity contribution in [2.75, 3.05) is 6.61 Å². The third kappa shape index (κ3) is 3.57. The van der Waals surface area contributed by atoms with Gasteiger partial charge in [-0.1, -0.05) is 0 Å². The van der Waals surface area contributed by atoms with E-state index in [0.717, 1.165) is 5.39 Å². The first-order chi connectivity index (χ1) is 9.19. The number of nitrogens with zero attached hydrogens (tertiary/aromatic N) is 1. The summed E-state index contributed by atoms with van der Waals surface area (Å²) in [6.45, 7) is 0.297. The number of rotatable bonds is 5. The van der Waals surface area contributed by atoms with Gasteiger partial charge >= 0.3 is 5.63 Å². The van der Waals surface area contributed by atoms with E-state index >= 15 is 0 Å². The van der Waals surface area contributed by atoms with Crippen LogP contribution in [0.3, 0.4) is 0 Å². The molecule has 1 unspecified atom stereocenters. The van der Waals surface area contributed by atoms with E-state index in [0.29, 0.717) is 24.4 Å². The molecule has 0 aliphatic heterocycles. The highest BCUT2D eigenvalue weighted by molar-refractivity contribution is 5.77. The van der Waals surface area contributed by atoms with Crippen LogP contribution in [-0.4, -0.2) is 17.8 Å². The van der Waals surface area contributed by atoms with E-state index in [4.69, 9.17) is 14.4 Å². The molecule has 1 atom stereocenters. The third-order valence-corrected chi connectivity index (χ3v) is 2.64. The summed E-state index contributed by atoms with van der Waals surface area (Å²) < 4.78 is 10.5. The smallest absolute Gasteiger partial charge is 0.336 e. The Kier molecular flexibility index (Phi) is 4.16. The van der Waals surface area contributed by atoms with Gasteiger partial charge in [-0.05, 0) is 18.2 Å². The molecule has 0 bridgehead atoms. The minimum atomic E-state index is -0.677. The predicted molar refractivity (Wildman–Crippen MR) is 68.8 cm³/mol. The van der Waals surface area contributed by atoms with Gasteiger partial charge in [-0.15, -0.1) is 0 Å². The lowest BCUT2D eigenvalue weighted by Gasteiger charge is -2.09. The maximum atomic E-state index is 11.1. The number of ether oxygens (including phenoxy) is 1. The van der Waals surface area contributed by atoms with Crippen LogP contribution in [0, 0.1) is 11.3 Å². The van der Waals surface area contributed by atoms with Crippen LogP contribution in [0.15, 0.2) is 39.5 Å². The summed E-state index contributed by atoms with van der Waals surface area (Å²) in [6.07, 6.45) is -0.205. The van der Waals surface area contributed by atoms with Crippen molar-refractivity contribution < 1.29 is 14.3 Å². The van der Waals surface area contributed by atoms with Crippen LogP contribution in [-0.2, 0) is 0 Å². The van der Waals surface area contributed by atoms with E-state index in [9.17, 15) is 9.90 Å². The number of aliphatic hydroxyl groups is 1. The maximum Gasteiger partial charge on any atom is 0.336 e. The van der Waals surface area contributed by atoms with Gasteiger partial charge in [0.05, 0.1) is 25.2 Å². The van der Waals surface area contributed by atoms with Crippen LogP contribution < -0.4 is 10.4 Å². The molecule has 98 valence electrons. The van der Waals surface area contributed by atoms with Crippen molar-refractivity contribution in [3.05, 3.63) is 40.8 Å². The predicted octanol–water partition coefficient (Wildman–Crippen LogP) is 1.84. The monoisotopic (exact) mass is 259 g/mol. The molecular formula is C14H13NO4. The van der Waals surface area contributed by atoms with E-state index < -0.39 is 11.7 Å². The van der Waals surface area contributed by atoms with Crippen LogP contribution in [0.2, 0.25) is 0 Å². The molecule has 0 fully saturated rings. The number of fused-ring (bicyclic) bond motifs is 1. The van der Waals surface area contributed by atoms with Crippen LogP contribution >= 0.6 is 0 Å². The van der Waals surface area contributed by atoms with Crippen LogP contribution in [0.1, 0.15) is 12.8 Å². The Morgan fingerprint density at radius 3 is 2.95 bits per heavy atom. The number of hydrogen-bond donors (Lipinski definition) is 1. The highest BCUT2D eigenvalue weighted by atomic mass is 16.5. The van der Waals surface area contributed by atoms with Crippen molar-refractivity contribution in [2.45, 2.75) is 18.9 Å². The number of hydrogen-bond acceptors (Lipinski definition) is 5. The molecule has 1 N–H and O–H groups in total. The molecule has 0 spiro atoms. The van der Waals surface area contributed by atoms with E-state index in [-0.39, 0.29) is 6.42 Å². The molecule has 0 saturated carbocycles. The molecule has 1 aromatic carbocycles. The maximum absolute atomic E-state index is 11.1. The molecule has 2 rings (SSSR count). The van der Waals surface area contributed by atoms with Gasteiger partial charge in [0.15, 0.2) is 0 Å². The molecule has 1 aromatic heterocycles. The van der Waals surface area contributed by atoms with E-state index in [1.165, 1.54) is 6.07 Å². The van der Waals surface area contributed by atoms with Gasteiger partial charge in [-0.3, -0.25) is 0 Å². The summed E-state index contributed by atoms with van der Waals surface area (Å²) in [7, 11) is 0. The van der Waals surface area contributed by atoms with Gasteiger partial charge in [0.2, 0.25) is 0 Å². The largest absolute Gasteiger partial charge is 0.493 e. The van der Waals surface area contributed by atoms with Crippen molar-refractivity contribution >= 4 is 11.0 Å². The normalized spacial score (nSPS) is 12.0. The molecule has 0 radical (unpaired) electrons. The van der Waals surface area contributed by atoms with Crippen molar-refractivity contribution in [3.63, 3.8) is 0 Å². The second-order valence-electron chi connectivity index (χ2n) is 4.11. The summed E-state index contributed by atoms with van der Waals surface area (Å²) >= 11 is 0. The lowest BCUT2D eigenvalue weighted by atomic mass is 10.2. The van der Waals surface area contributed by atoms with Gasteiger partial charge in [0.25, 0.3) is 0 Å². The molecule has 5 nitrogen and oxygen atoms in total. The topological polar surface area (TPSA) is 83.5 Å². The van der Waals surface area contributed by atoms with Crippen LogP contribution in [0.4, 0.5) is 0 Å². The Morgan fingerprint density at radius 2 is 2.16 bits per heavy atom. The second-order valence-corrected chi connectivity index (χ2v) is 4.11. The molecule has 0 aliphatic rings. The molecule has 0 amide bonds. The van der Waals surface area contributed by atoms with Crippen molar-refractivity contribution in [3.8, 4) is 11.8 Å². The van der Waals surface area contributed by atoms with Gasteiger partial charge in [0, 0.05) is 23.9 Å². The van der Waals surface area contributed by atoms with Crippen LogP contribution in [0.5, 0.6) is 5.75 Å². The Bertz CT molecular complexity index is 656. The van der Waals surface area contributed by atoms with E-state index in [1.54, 1.807) is 24.3 Å². The zero-order chi connectivity index (χ0) is 13.7. The first-order valence-electron chi connectivity index (χ1n) is 5.91. The van der Waals surface area contributed by atoms with Gasteiger partial charge in [0.1, 0.15) is 11.3 Å². The highest BCUT2D eigenvalue weighted by Gasteiger charge is 2.04. The summed E-state index contributed by atoms with van der Waals surface area (Å²) in [4.78, 5) is 11.1. The first kappa shape index (κ1) is 13.1. The lowest BCUT2D eigenvalue weighted by molar-refractivity contribution is 0.143. The second kappa shape index (κ2) is 6.03. The molecule has 1 heterocycles. The quantitative estimate of drug-likeness (QED) is 0.828. The molecule has 2 aromatic rings. The minimum absolute atomic E-state index is 0.0932. The fourth-order valence-electron chi connectivity index (χ4n) is 1.65. The Labute approximate surface area is 109 Å². The number of aliphatic hydroxyl groups excluding tert-OH is 1. The van der Waals surface area contributed by atoms with Crippen molar-refractivity contribution in [2.24, 2.45) is 0 Å². The van der Waals surface area contributed by atoms with Gasteiger partial charge in [-0.2, -0.15) is 5.26 Å². The SMILES string of the molecule is N#CCC(O)CCOc1ccc2ccc(=O)oc2c1. The Balaban J connectivity index is 2.01. The summed E-state index contributed by atoms with van der Waals surface area (Å²) in [5.74, 6) is 0.561. The molecule has 0 aliphatic carbocycles. The fraction of sp³-hybridized carbons (Fsp3) is 0.286. The van der Waals surface area contributed by atoms with Gasteiger partial charge < -0.3 is 14.3 Å². The van der Waals surface area contributed by atoms with E-state index in [1.807, 2.05) is 6.07 Å². The summed E-state index contributed by atoms with van der Waals surface area (Å²) in [5.41, 5.74) is 0.0525. The molecule has 0 saturated heterocycles. The Hall–Kier alpha value is -2.32. The van der Waals surface area contributed by atoms with Crippen LogP contribution in [0.25, 0.3) is 11.0 Å². The average Bonchev–Trinajstić information content (AvgIpc) is 2.38. The Morgan fingerprint density at radius 1 is 1.37 bits per heavy atom. The fourth-order valence-corrected chi connectivity index (χ4v) is 1.65. The highest BCUT2D eigenvalue weighted by Crippen LogP contribution is 2.19. The summed E-state index contributed by atoms with van der Waals surface area (Å²) in [6, 6.07) is 10.1. The molecule has 5 heteroatoms. The lowest BCUT2D eigenvalue weighted by Crippen LogP contribution is -2.11. The molecule has 19 heavy (non-hydrogen) atoms. The number of nitriles is 1. The zero-order valence-corrected chi connectivity index (χ0v) is 10.2. The van der Waals surface area contributed by atoms with E-state index in [2.05, 4.69) is 0 Å². The standard InChI is InChI=1S/C14H13NO4/c15-7-5-11(16)6-8-18-12-3-1-10-2-4-14(17)19-13(10)9-12/h1-4,9,11,16H,5-6,8H2. The zero-order valence-electron chi connectivity index (χ0n) is 10.2. The van der Waals surface area contributed by atoms with Crippen molar-refractivity contribution in [1.29, 1.82) is 5.26 Å². The minimum Gasteiger partial charge on any atom is -0.493 e. The van der Waals surface area contributed by atoms with Crippen molar-refractivity contribution in [1.82, 2.24) is 0 Å². The molecular weight excluding hydrogens is 246 g/mol. The number of benzene rings is 1.